The molecule has 1 aliphatic heterocycles. The molecule has 0 unspecified atom stereocenters. The molecule has 0 spiro atoms. The largest absolute Gasteiger partial charge is 0.481 e. The number of nitrogens with one attached hydrogen (secondary N) is 1. The number of urea groups is 1. The molecular formula is C14H18N2O3. The fourth-order valence-corrected chi connectivity index (χ4v) is 2.21. The Balaban J connectivity index is 1.77. The molecule has 5 heteroatoms. The molecule has 2 rings (SSSR count). The summed E-state index contributed by atoms with van der Waals surface area (Å²) >= 11 is 0. The van der Waals surface area contributed by atoms with Crippen LogP contribution in [0.25, 0.3) is 0 Å². The van der Waals surface area contributed by atoms with Gasteiger partial charge in [0.15, 0.2) is 0 Å². The number of piperidine rings is 1. The van der Waals surface area contributed by atoms with E-state index in [1.165, 1.54) is 0 Å². The molecule has 1 aliphatic rings. The predicted molar refractivity (Wildman–Crippen MR) is 70.6 cm³/mol. The van der Waals surface area contributed by atoms with Gasteiger partial charge in [0.25, 0.3) is 0 Å². The van der Waals surface area contributed by atoms with Crippen molar-refractivity contribution in [1.82, 2.24) is 10.2 Å². The summed E-state index contributed by atoms with van der Waals surface area (Å²) in [4.78, 5) is 24.4. The summed E-state index contributed by atoms with van der Waals surface area (Å²) in [6.45, 7) is 1.52. The molecule has 2 N–H and O–H groups in total. The minimum atomic E-state index is -0.760. The number of carboxylic acids is 1. The van der Waals surface area contributed by atoms with Crippen LogP contribution in [0.1, 0.15) is 18.4 Å². The second-order valence-corrected chi connectivity index (χ2v) is 4.74. The standard InChI is InChI=1S/C14H18N2O3/c17-13(18)12-6-8-16(9-7-12)14(19)15-10-11-4-2-1-3-5-11/h1-5,12H,6-10H2,(H,15,19)(H,17,18). The molecule has 0 bridgehead atoms. The second kappa shape index (κ2) is 6.22. The van der Waals surface area contributed by atoms with Crippen molar-refractivity contribution in [3.8, 4) is 0 Å². The number of hydrogen-bond donors (Lipinski definition) is 2. The highest BCUT2D eigenvalue weighted by molar-refractivity contribution is 5.75. The van der Waals surface area contributed by atoms with E-state index in [0.29, 0.717) is 32.5 Å². The monoisotopic (exact) mass is 262 g/mol. The van der Waals surface area contributed by atoms with E-state index in [9.17, 15) is 9.59 Å². The van der Waals surface area contributed by atoms with Crippen molar-refractivity contribution in [3.63, 3.8) is 0 Å². The van der Waals surface area contributed by atoms with Gasteiger partial charge in [-0.05, 0) is 18.4 Å². The maximum Gasteiger partial charge on any atom is 0.317 e. The summed E-state index contributed by atoms with van der Waals surface area (Å²) in [5.74, 6) is -1.07. The number of hydrogen-bond acceptors (Lipinski definition) is 2. The third-order valence-corrected chi connectivity index (χ3v) is 3.42. The van der Waals surface area contributed by atoms with Crippen LogP contribution >= 0.6 is 0 Å². The quantitative estimate of drug-likeness (QED) is 0.871. The lowest BCUT2D eigenvalue weighted by Gasteiger charge is -2.30. The van der Waals surface area contributed by atoms with Gasteiger partial charge < -0.3 is 15.3 Å². The SMILES string of the molecule is O=C(O)C1CCN(C(=O)NCc2ccccc2)CC1. The van der Waals surface area contributed by atoms with Crippen LogP contribution in [0.2, 0.25) is 0 Å². The maximum atomic E-state index is 11.9. The summed E-state index contributed by atoms with van der Waals surface area (Å²) in [7, 11) is 0. The summed E-state index contributed by atoms with van der Waals surface area (Å²) in [6, 6.07) is 9.59. The van der Waals surface area contributed by atoms with Gasteiger partial charge in [-0.1, -0.05) is 30.3 Å². The van der Waals surface area contributed by atoms with E-state index in [2.05, 4.69) is 5.32 Å². The van der Waals surface area contributed by atoms with E-state index >= 15 is 0 Å². The summed E-state index contributed by atoms with van der Waals surface area (Å²) in [6.07, 6.45) is 1.07. The van der Waals surface area contributed by atoms with Crippen LogP contribution in [0, 0.1) is 5.92 Å². The van der Waals surface area contributed by atoms with Gasteiger partial charge in [-0.3, -0.25) is 4.79 Å². The van der Waals surface area contributed by atoms with Gasteiger partial charge in [0.1, 0.15) is 0 Å². The number of carbonyl (C=O) groups excluding carboxylic acids is 1. The Morgan fingerprint density at radius 2 is 1.84 bits per heavy atom. The molecule has 1 heterocycles. The van der Waals surface area contributed by atoms with Gasteiger partial charge in [-0.25, -0.2) is 4.79 Å². The lowest BCUT2D eigenvalue weighted by molar-refractivity contribution is -0.143. The Morgan fingerprint density at radius 1 is 1.21 bits per heavy atom. The Morgan fingerprint density at radius 3 is 2.42 bits per heavy atom. The number of likely N-dealkylation sites (tertiary alicyclic amines) is 1. The maximum absolute atomic E-state index is 11.9. The molecule has 102 valence electrons. The Labute approximate surface area is 112 Å². The second-order valence-electron chi connectivity index (χ2n) is 4.74. The predicted octanol–water partition coefficient (Wildman–Crippen LogP) is 1.69. The third-order valence-electron chi connectivity index (χ3n) is 3.42. The number of benzene rings is 1. The Bertz CT molecular complexity index is 439. The molecule has 0 aromatic heterocycles. The molecule has 0 aliphatic carbocycles. The first-order valence-electron chi connectivity index (χ1n) is 6.46. The topological polar surface area (TPSA) is 69.6 Å². The van der Waals surface area contributed by atoms with Gasteiger partial charge in [0.05, 0.1) is 5.92 Å². The van der Waals surface area contributed by atoms with Crippen LogP contribution in [-0.4, -0.2) is 35.1 Å². The molecule has 1 saturated heterocycles. The first-order chi connectivity index (χ1) is 9.16. The minimum Gasteiger partial charge on any atom is -0.481 e. The molecule has 2 amide bonds. The van der Waals surface area contributed by atoms with Gasteiger partial charge in [0, 0.05) is 19.6 Å². The average Bonchev–Trinajstić information content (AvgIpc) is 2.46. The van der Waals surface area contributed by atoms with Crippen molar-refractivity contribution in [2.75, 3.05) is 13.1 Å². The Hall–Kier alpha value is -2.04. The number of rotatable bonds is 3. The normalized spacial score (nSPS) is 16.1. The molecule has 0 radical (unpaired) electrons. The number of carboxylic acid groups (broad SMARTS) is 1. The number of carbonyl (C=O) groups is 2. The van der Waals surface area contributed by atoms with Gasteiger partial charge in [-0.15, -0.1) is 0 Å². The van der Waals surface area contributed by atoms with Crippen LogP contribution in [0.15, 0.2) is 30.3 Å². The minimum absolute atomic E-state index is 0.118. The van der Waals surface area contributed by atoms with Crippen molar-refractivity contribution in [2.45, 2.75) is 19.4 Å². The average molecular weight is 262 g/mol. The lowest BCUT2D eigenvalue weighted by atomic mass is 9.97. The van der Waals surface area contributed by atoms with E-state index in [4.69, 9.17) is 5.11 Å². The van der Waals surface area contributed by atoms with Gasteiger partial charge >= 0.3 is 12.0 Å². The summed E-state index contributed by atoms with van der Waals surface area (Å²) in [5.41, 5.74) is 1.05. The molecule has 5 nitrogen and oxygen atoms in total. The van der Waals surface area contributed by atoms with Crippen molar-refractivity contribution >= 4 is 12.0 Å². The van der Waals surface area contributed by atoms with Crippen LogP contribution in [-0.2, 0) is 11.3 Å². The molecule has 0 atom stereocenters. The third kappa shape index (κ3) is 3.71. The van der Waals surface area contributed by atoms with Crippen LogP contribution in [0.4, 0.5) is 4.79 Å². The zero-order chi connectivity index (χ0) is 13.7. The molecule has 1 fully saturated rings. The fourth-order valence-electron chi connectivity index (χ4n) is 2.21. The zero-order valence-electron chi connectivity index (χ0n) is 10.7. The first kappa shape index (κ1) is 13.4. The van der Waals surface area contributed by atoms with E-state index < -0.39 is 5.97 Å². The van der Waals surface area contributed by atoms with Crippen molar-refractivity contribution in [2.24, 2.45) is 5.92 Å². The molecule has 19 heavy (non-hydrogen) atoms. The molecule has 1 aromatic rings. The van der Waals surface area contributed by atoms with Crippen LogP contribution < -0.4 is 5.32 Å². The van der Waals surface area contributed by atoms with E-state index in [1.807, 2.05) is 30.3 Å². The van der Waals surface area contributed by atoms with Crippen LogP contribution in [0.3, 0.4) is 0 Å². The summed E-state index contributed by atoms with van der Waals surface area (Å²) < 4.78 is 0. The zero-order valence-corrected chi connectivity index (χ0v) is 10.7. The molecular weight excluding hydrogens is 244 g/mol. The highest BCUT2D eigenvalue weighted by atomic mass is 16.4. The number of aliphatic carboxylic acids is 1. The summed E-state index contributed by atoms with van der Waals surface area (Å²) in [5, 5.41) is 11.7. The van der Waals surface area contributed by atoms with Crippen LogP contribution in [0.5, 0.6) is 0 Å². The highest BCUT2D eigenvalue weighted by Gasteiger charge is 2.26. The van der Waals surface area contributed by atoms with E-state index in [0.717, 1.165) is 5.56 Å². The van der Waals surface area contributed by atoms with Crippen molar-refractivity contribution < 1.29 is 14.7 Å². The van der Waals surface area contributed by atoms with E-state index in [1.54, 1.807) is 4.90 Å². The first-order valence-corrected chi connectivity index (χ1v) is 6.46. The fraction of sp³-hybridized carbons (Fsp3) is 0.429. The Kier molecular flexibility index (Phi) is 4.39. The smallest absolute Gasteiger partial charge is 0.317 e. The molecule has 1 aromatic carbocycles. The van der Waals surface area contributed by atoms with Gasteiger partial charge in [-0.2, -0.15) is 0 Å². The van der Waals surface area contributed by atoms with Crippen molar-refractivity contribution in [3.05, 3.63) is 35.9 Å². The highest BCUT2D eigenvalue weighted by Crippen LogP contribution is 2.17. The van der Waals surface area contributed by atoms with E-state index in [-0.39, 0.29) is 11.9 Å². The van der Waals surface area contributed by atoms with Crippen molar-refractivity contribution in [1.29, 1.82) is 0 Å². The number of amides is 2. The number of nitrogens with zero attached hydrogens (tertiary/aromatic N) is 1. The van der Waals surface area contributed by atoms with Gasteiger partial charge in [0.2, 0.25) is 0 Å². The lowest BCUT2D eigenvalue weighted by Crippen LogP contribution is -2.45. The molecule has 0 saturated carbocycles.